The van der Waals surface area contributed by atoms with Crippen LogP contribution in [-0.4, -0.2) is 21.2 Å². The van der Waals surface area contributed by atoms with Crippen LogP contribution in [0.3, 0.4) is 0 Å². The lowest BCUT2D eigenvalue weighted by Crippen LogP contribution is -2.29. The van der Waals surface area contributed by atoms with E-state index in [1.54, 1.807) is 0 Å². The fraction of sp³-hybridized carbons (Fsp3) is 1.00. The molecule has 0 aromatic rings. The average Bonchev–Trinajstić information content (AvgIpc) is 2.08. The lowest BCUT2D eigenvalue weighted by atomic mass is 10.4. The van der Waals surface area contributed by atoms with E-state index < -0.39 is 8.07 Å². The second-order valence-corrected chi connectivity index (χ2v) is 9.60. The van der Waals surface area contributed by atoms with Crippen LogP contribution in [0.15, 0.2) is 0 Å². The number of hydrogen-bond acceptors (Lipinski definition) is 1. The van der Waals surface area contributed by atoms with E-state index in [0.717, 1.165) is 5.54 Å². The Morgan fingerprint density at radius 2 is 2.00 bits per heavy atom. The molecule has 0 bridgehead atoms. The van der Waals surface area contributed by atoms with Gasteiger partial charge in [0.15, 0.2) is 0 Å². The Morgan fingerprint density at radius 1 is 1.33 bits per heavy atom. The third-order valence-electron chi connectivity index (χ3n) is 2.29. The Balaban J connectivity index is 2.42. The van der Waals surface area contributed by atoms with Gasteiger partial charge < -0.3 is 5.32 Å². The van der Waals surface area contributed by atoms with Crippen LogP contribution in [0.25, 0.3) is 0 Å². The average molecular weight is 143 g/mol. The monoisotopic (exact) mass is 143 g/mol. The van der Waals surface area contributed by atoms with Crippen molar-refractivity contribution < 1.29 is 0 Å². The molecular formula is C7H17NSi. The molecular weight excluding hydrogens is 126 g/mol. The summed E-state index contributed by atoms with van der Waals surface area (Å²) < 4.78 is 0. The minimum Gasteiger partial charge on any atom is -0.317 e. The molecule has 1 atom stereocenters. The molecule has 0 aromatic carbocycles. The first-order chi connectivity index (χ1) is 4.11. The summed E-state index contributed by atoms with van der Waals surface area (Å²) in [4.78, 5) is 0. The smallest absolute Gasteiger partial charge is 0.0487 e. The highest BCUT2D eigenvalue weighted by Gasteiger charge is 2.28. The van der Waals surface area contributed by atoms with Crippen LogP contribution in [0.2, 0.25) is 25.2 Å². The summed E-state index contributed by atoms with van der Waals surface area (Å²) in [5.74, 6) is 0. The van der Waals surface area contributed by atoms with Gasteiger partial charge in [-0.2, -0.15) is 0 Å². The van der Waals surface area contributed by atoms with Gasteiger partial charge in [-0.15, -0.1) is 0 Å². The van der Waals surface area contributed by atoms with E-state index in [1.807, 2.05) is 0 Å². The predicted molar refractivity (Wildman–Crippen MR) is 44.6 cm³/mol. The van der Waals surface area contributed by atoms with Crippen LogP contribution in [0.5, 0.6) is 0 Å². The summed E-state index contributed by atoms with van der Waals surface area (Å²) in [5, 5.41) is 3.41. The fourth-order valence-electron chi connectivity index (χ4n) is 1.39. The van der Waals surface area contributed by atoms with E-state index in [-0.39, 0.29) is 0 Å². The Hall–Kier alpha value is 0.177. The Kier molecular flexibility index (Phi) is 1.96. The molecule has 0 spiro atoms. The molecule has 1 fully saturated rings. The van der Waals surface area contributed by atoms with Gasteiger partial charge in [-0.3, -0.25) is 0 Å². The first-order valence-corrected chi connectivity index (χ1v) is 7.39. The van der Waals surface area contributed by atoms with Gasteiger partial charge in [0, 0.05) is 8.07 Å². The lowest BCUT2D eigenvalue weighted by Gasteiger charge is -2.23. The lowest BCUT2D eigenvalue weighted by molar-refractivity contribution is 0.850. The van der Waals surface area contributed by atoms with E-state index in [9.17, 15) is 0 Å². The molecule has 54 valence electrons. The number of nitrogens with one attached hydrogen (secondary N) is 1. The third-order valence-corrected chi connectivity index (χ3v) is 5.23. The Bertz CT molecular complexity index is 89.6. The molecule has 1 rings (SSSR count). The van der Waals surface area contributed by atoms with Gasteiger partial charge in [-0.05, 0) is 25.1 Å². The Morgan fingerprint density at radius 3 is 2.22 bits per heavy atom. The van der Waals surface area contributed by atoms with Crippen molar-refractivity contribution in [3.63, 3.8) is 0 Å². The molecule has 1 nitrogen and oxygen atoms in total. The normalized spacial score (nSPS) is 29.0. The molecule has 0 aliphatic carbocycles. The van der Waals surface area contributed by atoms with Gasteiger partial charge in [0.1, 0.15) is 0 Å². The van der Waals surface area contributed by atoms with Crippen LogP contribution in [0.4, 0.5) is 0 Å². The minimum atomic E-state index is -0.787. The molecule has 1 aliphatic rings. The molecule has 0 radical (unpaired) electrons. The minimum absolute atomic E-state index is 0.787. The third kappa shape index (κ3) is 1.80. The molecule has 0 aromatic heterocycles. The van der Waals surface area contributed by atoms with Crippen molar-refractivity contribution >= 4 is 8.07 Å². The van der Waals surface area contributed by atoms with Crippen LogP contribution in [0, 0.1) is 0 Å². The second-order valence-electron chi connectivity index (χ2n) is 4.06. The zero-order valence-electron chi connectivity index (χ0n) is 6.70. The maximum atomic E-state index is 3.41. The van der Waals surface area contributed by atoms with E-state index in [1.165, 1.54) is 19.5 Å². The van der Waals surface area contributed by atoms with Crippen molar-refractivity contribution in [2.45, 2.75) is 31.6 Å². The standard InChI is InChI=1S/C7H17NSi/c1-9(2,3)7-4-5-8-6-7/h7-8H,4-6H2,1-3H3. The summed E-state index contributed by atoms with van der Waals surface area (Å²) in [6.07, 6.45) is 1.43. The largest absolute Gasteiger partial charge is 0.317 e. The molecule has 1 unspecified atom stereocenters. The zero-order chi connectivity index (χ0) is 6.91. The number of rotatable bonds is 1. The second kappa shape index (κ2) is 2.43. The fourth-order valence-corrected chi connectivity index (χ4v) is 3.16. The molecule has 1 aliphatic heterocycles. The van der Waals surface area contributed by atoms with E-state index in [0.29, 0.717) is 0 Å². The molecule has 0 saturated carbocycles. The van der Waals surface area contributed by atoms with Crippen LogP contribution in [0.1, 0.15) is 6.42 Å². The van der Waals surface area contributed by atoms with Crippen molar-refractivity contribution in [2.75, 3.05) is 13.1 Å². The SMILES string of the molecule is C[Si](C)(C)C1CCNC1. The molecule has 1 heterocycles. The highest BCUT2D eigenvalue weighted by atomic mass is 28.3. The quantitative estimate of drug-likeness (QED) is 0.551. The zero-order valence-corrected chi connectivity index (χ0v) is 7.70. The van der Waals surface area contributed by atoms with Crippen LogP contribution < -0.4 is 5.32 Å². The first-order valence-electron chi connectivity index (χ1n) is 3.81. The maximum Gasteiger partial charge on any atom is 0.0487 e. The Labute approximate surface area is 58.9 Å². The van der Waals surface area contributed by atoms with Gasteiger partial charge in [0.2, 0.25) is 0 Å². The van der Waals surface area contributed by atoms with Gasteiger partial charge in [0.25, 0.3) is 0 Å². The molecule has 1 N–H and O–H groups in total. The summed E-state index contributed by atoms with van der Waals surface area (Å²) in [5.41, 5.74) is 1.04. The summed E-state index contributed by atoms with van der Waals surface area (Å²) in [7, 11) is -0.787. The molecule has 0 amide bonds. The first kappa shape index (κ1) is 7.29. The van der Waals surface area contributed by atoms with Crippen molar-refractivity contribution in [1.29, 1.82) is 0 Å². The highest BCUT2D eigenvalue weighted by molar-refractivity contribution is 6.77. The van der Waals surface area contributed by atoms with Crippen molar-refractivity contribution in [2.24, 2.45) is 0 Å². The maximum absolute atomic E-state index is 3.41. The number of hydrogen-bond donors (Lipinski definition) is 1. The molecule has 1 saturated heterocycles. The van der Waals surface area contributed by atoms with Crippen LogP contribution in [-0.2, 0) is 0 Å². The van der Waals surface area contributed by atoms with Crippen molar-refractivity contribution in [3.8, 4) is 0 Å². The summed E-state index contributed by atoms with van der Waals surface area (Å²) in [6, 6.07) is 0. The molecule has 9 heavy (non-hydrogen) atoms. The van der Waals surface area contributed by atoms with Crippen LogP contribution >= 0.6 is 0 Å². The van der Waals surface area contributed by atoms with Gasteiger partial charge >= 0.3 is 0 Å². The summed E-state index contributed by atoms with van der Waals surface area (Å²) in [6.45, 7) is 9.94. The molecule has 2 heteroatoms. The van der Waals surface area contributed by atoms with E-state index >= 15 is 0 Å². The van der Waals surface area contributed by atoms with Gasteiger partial charge in [0.05, 0.1) is 0 Å². The van der Waals surface area contributed by atoms with Gasteiger partial charge in [-0.1, -0.05) is 19.6 Å². The predicted octanol–water partition coefficient (Wildman–Crippen LogP) is 1.69. The van der Waals surface area contributed by atoms with Crippen molar-refractivity contribution in [1.82, 2.24) is 5.32 Å². The van der Waals surface area contributed by atoms with Gasteiger partial charge in [-0.25, -0.2) is 0 Å². The highest BCUT2D eigenvalue weighted by Crippen LogP contribution is 2.26. The summed E-state index contributed by atoms with van der Waals surface area (Å²) >= 11 is 0. The van der Waals surface area contributed by atoms with E-state index in [4.69, 9.17) is 0 Å². The van der Waals surface area contributed by atoms with Crippen molar-refractivity contribution in [3.05, 3.63) is 0 Å². The van der Waals surface area contributed by atoms with E-state index in [2.05, 4.69) is 25.0 Å². The topological polar surface area (TPSA) is 12.0 Å².